The molecular formula is C11H10F2N2O3S. The lowest BCUT2D eigenvalue weighted by molar-refractivity contribution is 0.419. The molecule has 1 aromatic heterocycles. The summed E-state index contributed by atoms with van der Waals surface area (Å²) in [7, 11) is -3.91. The van der Waals surface area contributed by atoms with Crippen LogP contribution in [0.3, 0.4) is 0 Å². The topological polar surface area (TPSA) is 85.3 Å². The maximum atomic E-state index is 13.3. The Morgan fingerprint density at radius 3 is 2.58 bits per heavy atom. The normalized spacial score (nSPS) is 11.5. The van der Waals surface area contributed by atoms with Crippen molar-refractivity contribution in [1.29, 1.82) is 0 Å². The standard InChI is InChI=1S/C11H10F2N2O3S/c12-7-1-3-9(13)10(5-7)15-6-8-2-4-11(18-8)19(14,16)17/h1-5,15H,6H2,(H2,14,16,17). The second-order valence-electron chi connectivity index (χ2n) is 3.74. The van der Waals surface area contributed by atoms with E-state index in [0.717, 1.165) is 18.2 Å². The van der Waals surface area contributed by atoms with Crippen molar-refractivity contribution >= 4 is 15.7 Å². The van der Waals surface area contributed by atoms with Crippen LogP contribution >= 0.6 is 0 Å². The van der Waals surface area contributed by atoms with E-state index >= 15 is 0 Å². The average Bonchev–Trinajstić information content (AvgIpc) is 2.79. The van der Waals surface area contributed by atoms with Gasteiger partial charge in [0, 0.05) is 0 Å². The van der Waals surface area contributed by atoms with E-state index in [0.29, 0.717) is 0 Å². The molecule has 0 aliphatic rings. The summed E-state index contributed by atoms with van der Waals surface area (Å²) in [5, 5.41) is 7.08. The number of nitrogens with one attached hydrogen (secondary N) is 1. The van der Waals surface area contributed by atoms with Crippen molar-refractivity contribution < 1.29 is 21.6 Å². The molecule has 3 N–H and O–H groups in total. The smallest absolute Gasteiger partial charge is 0.271 e. The maximum absolute atomic E-state index is 13.3. The van der Waals surface area contributed by atoms with Crippen molar-refractivity contribution in [2.24, 2.45) is 5.14 Å². The Labute approximate surface area is 108 Å². The van der Waals surface area contributed by atoms with Crippen LogP contribution in [0.5, 0.6) is 0 Å². The molecule has 0 saturated carbocycles. The third kappa shape index (κ3) is 3.30. The molecule has 0 aliphatic heterocycles. The lowest BCUT2D eigenvalue weighted by Gasteiger charge is -2.05. The van der Waals surface area contributed by atoms with Gasteiger partial charge in [-0.3, -0.25) is 0 Å². The lowest BCUT2D eigenvalue weighted by Crippen LogP contribution is -2.10. The average molecular weight is 288 g/mol. The van der Waals surface area contributed by atoms with E-state index < -0.39 is 21.7 Å². The molecule has 5 nitrogen and oxygen atoms in total. The molecule has 0 aliphatic carbocycles. The molecule has 2 aromatic rings. The summed E-state index contributed by atoms with van der Waals surface area (Å²) in [5.41, 5.74) is -0.0476. The molecule has 19 heavy (non-hydrogen) atoms. The third-order valence-electron chi connectivity index (χ3n) is 2.30. The number of hydrogen-bond donors (Lipinski definition) is 2. The number of sulfonamides is 1. The van der Waals surface area contributed by atoms with Gasteiger partial charge >= 0.3 is 0 Å². The predicted molar refractivity (Wildman–Crippen MR) is 63.8 cm³/mol. The Morgan fingerprint density at radius 1 is 1.21 bits per heavy atom. The van der Waals surface area contributed by atoms with E-state index in [1.165, 1.54) is 12.1 Å². The first-order valence-corrected chi connectivity index (χ1v) is 6.71. The maximum Gasteiger partial charge on any atom is 0.271 e. The van der Waals surface area contributed by atoms with Gasteiger partial charge in [-0.25, -0.2) is 22.3 Å². The summed E-state index contributed by atoms with van der Waals surface area (Å²) in [6, 6.07) is 5.53. The molecule has 0 spiro atoms. The molecule has 0 saturated heterocycles. The van der Waals surface area contributed by atoms with Gasteiger partial charge in [0.05, 0.1) is 12.2 Å². The monoisotopic (exact) mass is 288 g/mol. The molecule has 2 rings (SSSR count). The SMILES string of the molecule is NS(=O)(=O)c1ccc(CNc2cc(F)ccc2F)o1. The third-order valence-corrected chi connectivity index (χ3v) is 3.08. The molecule has 0 radical (unpaired) electrons. The van der Waals surface area contributed by atoms with Crippen LogP contribution in [0.2, 0.25) is 0 Å². The molecular weight excluding hydrogens is 278 g/mol. The van der Waals surface area contributed by atoms with Crippen LogP contribution in [-0.2, 0) is 16.6 Å². The van der Waals surface area contributed by atoms with Crippen molar-refractivity contribution in [1.82, 2.24) is 0 Å². The number of benzene rings is 1. The van der Waals surface area contributed by atoms with Crippen LogP contribution < -0.4 is 10.5 Å². The minimum absolute atomic E-state index is 0.00407. The Kier molecular flexibility index (Phi) is 3.54. The highest BCUT2D eigenvalue weighted by atomic mass is 32.2. The van der Waals surface area contributed by atoms with Gasteiger partial charge in [-0.15, -0.1) is 0 Å². The van der Waals surface area contributed by atoms with Gasteiger partial charge in [0.15, 0.2) is 0 Å². The van der Waals surface area contributed by atoms with Crippen LogP contribution in [0.25, 0.3) is 0 Å². The first-order chi connectivity index (χ1) is 8.86. The summed E-state index contributed by atoms with van der Waals surface area (Å²) in [6.45, 7) is -0.00407. The first kappa shape index (κ1) is 13.5. The highest BCUT2D eigenvalue weighted by Crippen LogP contribution is 2.18. The molecule has 0 atom stereocenters. The highest BCUT2D eigenvalue weighted by Gasteiger charge is 2.13. The summed E-state index contributed by atoms with van der Waals surface area (Å²) in [4.78, 5) is 0. The molecule has 102 valence electrons. The second kappa shape index (κ2) is 4.98. The fourth-order valence-corrected chi connectivity index (χ4v) is 1.90. The van der Waals surface area contributed by atoms with Crippen molar-refractivity contribution in [3.63, 3.8) is 0 Å². The van der Waals surface area contributed by atoms with Crippen LogP contribution in [0, 0.1) is 11.6 Å². The van der Waals surface area contributed by atoms with Crippen molar-refractivity contribution in [3.8, 4) is 0 Å². The molecule has 0 fully saturated rings. The zero-order valence-electron chi connectivity index (χ0n) is 9.56. The number of hydrogen-bond acceptors (Lipinski definition) is 4. The largest absolute Gasteiger partial charge is 0.446 e. The van der Waals surface area contributed by atoms with Gasteiger partial charge in [0.25, 0.3) is 10.0 Å². The van der Waals surface area contributed by atoms with Gasteiger partial charge in [-0.2, -0.15) is 0 Å². The fraction of sp³-hybridized carbons (Fsp3) is 0.0909. The lowest BCUT2D eigenvalue weighted by atomic mass is 10.3. The summed E-state index contributed by atoms with van der Waals surface area (Å²) < 4.78 is 53.1. The Hall–Kier alpha value is -1.93. The molecule has 1 heterocycles. The van der Waals surface area contributed by atoms with E-state index in [4.69, 9.17) is 9.56 Å². The summed E-state index contributed by atoms with van der Waals surface area (Å²) in [5.74, 6) is -0.985. The highest BCUT2D eigenvalue weighted by molar-refractivity contribution is 7.89. The fourth-order valence-electron chi connectivity index (χ4n) is 1.42. The Morgan fingerprint density at radius 2 is 1.95 bits per heavy atom. The zero-order chi connectivity index (χ0) is 14.0. The predicted octanol–water partition coefficient (Wildman–Crippen LogP) is 1.82. The molecule has 1 aromatic carbocycles. The van der Waals surface area contributed by atoms with E-state index in [1.54, 1.807) is 0 Å². The number of rotatable bonds is 4. The number of anilines is 1. The van der Waals surface area contributed by atoms with Gasteiger partial charge < -0.3 is 9.73 Å². The van der Waals surface area contributed by atoms with Gasteiger partial charge in [-0.05, 0) is 30.3 Å². The van der Waals surface area contributed by atoms with E-state index in [2.05, 4.69) is 5.32 Å². The summed E-state index contributed by atoms with van der Waals surface area (Å²) >= 11 is 0. The van der Waals surface area contributed by atoms with Crippen LogP contribution in [0.4, 0.5) is 14.5 Å². The van der Waals surface area contributed by atoms with Crippen LogP contribution in [0.15, 0.2) is 39.8 Å². The van der Waals surface area contributed by atoms with Gasteiger partial charge in [0.2, 0.25) is 5.09 Å². The van der Waals surface area contributed by atoms with E-state index in [1.807, 2.05) is 0 Å². The van der Waals surface area contributed by atoms with E-state index in [-0.39, 0.29) is 23.1 Å². The zero-order valence-corrected chi connectivity index (χ0v) is 10.4. The molecule has 0 unspecified atom stereocenters. The molecule has 0 bridgehead atoms. The minimum atomic E-state index is -3.91. The second-order valence-corrected chi connectivity index (χ2v) is 5.24. The number of nitrogens with two attached hydrogens (primary N) is 1. The number of halogens is 2. The van der Waals surface area contributed by atoms with Crippen molar-refractivity contribution in [3.05, 3.63) is 47.7 Å². The van der Waals surface area contributed by atoms with Gasteiger partial charge in [0.1, 0.15) is 17.4 Å². The van der Waals surface area contributed by atoms with E-state index in [9.17, 15) is 17.2 Å². The van der Waals surface area contributed by atoms with Crippen LogP contribution in [0.1, 0.15) is 5.76 Å². The Balaban J connectivity index is 2.11. The quantitative estimate of drug-likeness (QED) is 0.898. The number of primary sulfonamides is 1. The number of furan rings is 1. The van der Waals surface area contributed by atoms with Gasteiger partial charge in [-0.1, -0.05) is 0 Å². The van der Waals surface area contributed by atoms with Crippen molar-refractivity contribution in [2.45, 2.75) is 11.6 Å². The van der Waals surface area contributed by atoms with Crippen LogP contribution in [-0.4, -0.2) is 8.42 Å². The first-order valence-electron chi connectivity index (χ1n) is 5.17. The Bertz CT molecular complexity index is 698. The molecule has 0 amide bonds. The summed E-state index contributed by atoms with van der Waals surface area (Å²) in [6.07, 6.45) is 0. The van der Waals surface area contributed by atoms with Crippen molar-refractivity contribution in [2.75, 3.05) is 5.32 Å². The minimum Gasteiger partial charge on any atom is -0.446 e. The molecule has 8 heteroatoms.